The number of rotatable bonds is 6. The summed E-state index contributed by atoms with van der Waals surface area (Å²) < 4.78 is 0. The van der Waals surface area contributed by atoms with Crippen LogP contribution in [0.4, 0.5) is 0 Å². The van der Waals surface area contributed by atoms with Gasteiger partial charge < -0.3 is 10.2 Å². The van der Waals surface area contributed by atoms with Gasteiger partial charge in [-0.15, -0.1) is 6.58 Å². The number of hydrogen-bond acceptors (Lipinski definition) is 4. The molecule has 0 aromatic heterocycles. The van der Waals surface area contributed by atoms with E-state index in [-0.39, 0.29) is 18.1 Å². The molecule has 0 amide bonds. The molecule has 5 atom stereocenters. The first kappa shape index (κ1) is 15.3. The third-order valence-electron chi connectivity index (χ3n) is 3.52. The minimum Gasteiger partial charge on any atom is -0.391 e. The lowest BCUT2D eigenvalue weighted by atomic mass is 9.97. The summed E-state index contributed by atoms with van der Waals surface area (Å²) >= 11 is 0. The van der Waals surface area contributed by atoms with Crippen LogP contribution >= 0.6 is 0 Å². The average Bonchev–Trinajstić information content (AvgIpc) is 2.96. The predicted molar refractivity (Wildman–Crippen MR) is 75.0 cm³/mol. The number of hydrogen-bond donors (Lipinski definition) is 2. The summed E-state index contributed by atoms with van der Waals surface area (Å²) in [4.78, 5) is 6.50. The molecule has 1 fully saturated rings. The van der Waals surface area contributed by atoms with E-state index in [2.05, 4.69) is 30.3 Å². The van der Waals surface area contributed by atoms with Gasteiger partial charge in [-0.2, -0.15) is 0 Å². The predicted octanol–water partition coefficient (Wildman–Crippen LogP) is 1.22. The first-order valence-corrected chi connectivity index (χ1v) is 6.60. The number of aliphatic imine (C=N–C) groups is 1. The van der Waals surface area contributed by atoms with Gasteiger partial charge in [0.2, 0.25) is 0 Å². The summed E-state index contributed by atoms with van der Waals surface area (Å²) in [6, 6.07) is 0.270. The molecule has 0 aromatic rings. The molecule has 0 spiro atoms. The maximum absolute atomic E-state index is 10.1. The molecule has 1 saturated heterocycles. The molecule has 0 bridgehead atoms. The highest BCUT2D eigenvalue weighted by Gasteiger charge is 2.67. The first-order valence-electron chi connectivity index (χ1n) is 6.60. The van der Waals surface area contributed by atoms with Gasteiger partial charge in [0.1, 0.15) is 5.54 Å². The summed E-state index contributed by atoms with van der Waals surface area (Å²) in [5.74, 6) is 0. The Hall–Kier alpha value is -0.710. The molecule has 4 heteroatoms. The third kappa shape index (κ3) is 2.51. The Labute approximate surface area is 110 Å². The van der Waals surface area contributed by atoms with Crippen molar-refractivity contribution in [1.82, 2.24) is 4.90 Å². The van der Waals surface area contributed by atoms with E-state index in [1.165, 1.54) is 6.08 Å². The van der Waals surface area contributed by atoms with Crippen molar-refractivity contribution in [1.29, 1.82) is 0 Å². The van der Waals surface area contributed by atoms with E-state index in [4.69, 9.17) is 0 Å². The highest BCUT2D eigenvalue weighted by Crippen LogP contribution is 2.46. The van der Waals surface area contributed by atoms with Crippen molar-refractivity contribution in [3.63, 3.8) is 0 Å². The van der Waals surface area contributed by atoms with Crippen molar-refractivity contribution < 1.29 is 10.2 Å². The molecule has 1 aliphatic rings. The number of aliphatic hydroxyl groups is 2. The monoisotopic (exact) mass is 254 g/mol. The van der Waals surface area contributed by atoms with Crippen molar-refractivity contribution in [2.75, 3.05) is 0 Å². The lowest BCUT2D eigenvalue weighted by Gasteiger charge is -2.19. The molecule has 0 radical (unpaired) electrons. The molecule has 0 aliphatic carbocycles. The van der Waals surface area contributed by atoms with Crippen LogP contribution in [-0.2, 0) is 0 Å². The van der Waals surface area contributed by atoms with Gasteiger partial charge in [-0.3, -0.25) is 9.89 Å². The lowest BCUT2D eigenvalue weighted by molar-refractivity contribution is 0.145. The zero-order valence-corrected chi connectivity index (χ0v) is 12.0. The zero-order chi connectivity index (χ0) is 14.1. The third-order valence-corrected chi connectivity index (χ3v) is 3.52. The largest absolute Gasteiger partial charge is 0.391 e. The van der Waals surface area contributed by atoms with Crippen LogP contribution in [0.3, 0.4) is 0 Å². The Balaban J connectivity index is 3.06. The van der Waals surface area contributed by atoms with Gasteiger partial charge in [0, 0.05) is 18.3 Å². The SMILES string of the molecule is C=C[C@H](O)[C@@H]1N(C(C)C)[C@]1(C=NC(C)C)[C@H](C)O. The van der Waals surface area contributed by atoms with Gasteiger partial charge in [-0.05, 0) is 34.6 Å². The van der Waals surface area contributed by atoms with Crippen LogP contribution in [0, 0.1) is 0 Å². The Bertz CT molecular complexity index is 326. The van der Waals surface area contributed by atoms with Crippen LogP contribution in [0.1, 0.15) is 34.6 Å². The van der Waals surface area contributed by atoms with Crippen molar-refractivity contribution in [2.45, 2.75) is 70.5 Å². The molecule has 104 valence electrons. The molecular weight excluding hydrogens is 228 g/mol. The van der Waals surface area contributed by atoms with Crippen LogP contribution in [-0.4, -0.2) is 57.2 Å². The minimum atomic E-state index is -0.652. The molecular formula is C14H26N2O2. The fourth-order valence-electron chi connectivity index (χ4n) is 2.68. The van der Waals surface area contributed by atoms with E-state index in [1.54, 1.807) is 13.1 Å². The Morgan fingerprint density at radius 1 is 1.22 bits per heavy atom. The van der Waals surface area contributed by atoms with Crippen molar-refractivity contribution in [3.05, 3.63) is 12.7 Å². The highest BCUT2D eigenvalue weighted by molar-refractivity contribution is 5.78. The van der Waals surface area contributed by atoms with Crippen molar-refractivity contribution >= 4 is 6.21 Å². The normalized spacial score (nSPS) is 35.2. The van der Waals surface area contributed by atoms with E-state index in [0.717, 1.165) is 0 Å². The molecule has 18 heavy (non-hydrogen) atoms. The van der Waals surface area contributed by atoms with Gasteiger partial charge in [-0.1, -0.05) is 6.08 Å². The summed E-state index contributed by atoms with van der Waals surface area (Å²) in [6.45, 7) is 13.5. The molecule has 1 aliphatic heterocycles. The van der Waals surface area contributed by atoms with E-state index in [9.17, 15) is 10.2 Å². The zero-order valence-electron chi connectivity index (χ0n) is 12.0. The van der Waals surface area contributed by atoms with E-state index in [0.29, 0.717) is 0 Å². The molecule has 1 unspecified atom stereocenters. The van der Waals surface area contributed by atoms with Gasteiger partial charge in [0.15, 0.2) is 0 Å². The topological polar surface area (TPSA) is 55.8 Å². The van der Waals surface area contributed by atoms with Gasteiger partial charge in [-0.25, -0.2) is 0 Å². The fourth-order valence-corrected chi connectivity index (χ4v) is 2.68. The molecule has 0 saturated carbocycles. The second kappa shape index (κ2) is 5.51. The summed E-state index contributed by atoms with van der Waals surface area (Å²) in [6.07, 6.45) is 2.09. The Morgan fingerprint density at radius 2 is 1.78 bits per heavy atom. The molecule has 2 N–H and O–H groups in total. The van der Waals surface area contributed by atoms with Gasteiger partial charge in [0.05, 0.1) is 18.2 Å². The minimum absolute atomic E-state index is 0.141. The summed E-state index contributed by atoms with van der Waals surface area (Å²) in [5, 5.41) is 20.1. The molecule has 1 rings (SSSR count). The summed E-state index contributed by atoms with van der Waals surface area (Å²) in [7, 11) is 0. The van der Waals surface area contributed by atoms with Crippen molar-refractivity contribution in [2.24, 2.45) is 4.99 Å². The molecule has 0 aromatic carbocycles. The Kier molecular flexibility index (Phi) is 4.70. The maximum Gasteiger partial charge on any atom is 0.101 e. The highest BCUT2D eigenvalue weighted by atomic mass is 16.3. The van der Waals surface area contributed by atoms with E-state index >= 15 is 0 Å². The fraction of sp³-hybridized carbons (Fsp3) is 0.786. The van der Waals surface area contributed by atoms with Crippen LogP contribution in [0.25, 0.3) is 0 Å². The van der Waals surface area contributed by atoms with Crippen LogP contribution in [0.5, 0.6) is 0 Å². The van der Waals surface area contributed by atoms with Gasteiger partial charge >= 0.3 is 0 Å². The van der Waals surface area contributed by atoms with E-state index < -0.39 is 17.7 Å². The quantitative estimate of drug-likeness (QED) is 0.426. The van der Waals surface area contributed by atoms with Crippen LogP contribution in [0.15, 0.2) is 17.6 Å². The average molecular weight is 254 g/mol. The number of nitrogens with zero attached hydrogens (tertiary/aromatic N) is 2. The smallest absolute Gasteiger partial charge is 0.101 e. The maximum atomic E-state index is 10.1. The molecule has 1 heterocycles. The van der Waals surface area contributed by atoms with Crippen LogP contribution in [0.2, 0.25) is 0 Å². The molecule has 4 nitrogen and oxygen atoms in total. The first-order chi connectivity index (χ1) is 8.28. The van der Waals surface area contributed by atoms with Crippen LogP contribution < -0.4 is 0 Å². The summed E-state index contributed by atoms with van der Waals surface area (Å²) in [5.41, 5.74) is -0.563. The lowest BCUT2D eigenvalue weighted by Crippen LogP contribution is -2.37. The number of aliphatic hydroxyl groups excluding tert-OH is 2. The van der Waals surface area contributed by atoms with E-state index in [1.807, 2.05) is 13.8 Å². The standard InChI is InChI=1S/C14H26N2O2/c1-7-12(18)13-14(11(6)17,8-15-9(2)3)16(13)10(4)5/h7-13,17-18H,1H2,2-6H3/t11-,12-,13-,14+,16?/m0/s1. The Morgan fingerprint density at radius 3 is 2.11 bits per heavy atom. The second-order valence-electron chi connectivity index (χ2n) is 5.61. The van der Waals surface area contributed by atoms with Crippen molar-refractivity contribution in [3.8, 4) is 0 Å². The second-order valence-corrected chi connectivity index (χ2v) is 5.61. The van der Waals surface area contributed by atoms with Gasteiger partial charge in [0.25, 0.3) is 0 Å².